The summed E-state index contributed by atoms with van der Waals surface area (Å²) in [6, 6.07) is -0.781. The lowest BCUT2D eigenvalue weighted by atomic mass is 9.80. The molecule has 0 saturated carbocycles. The van der Waals surface area contributed by atoms with Gasteiger partial charge in [-0.25, -0.2) is 0 Å². The fraction of sp³-hybridized carbons (Fsp3) is 0.873. The van der Waals surface area contributed by atoms with Crippen molar-refractivity contribution in [3.8, 4) is 0 Å². The first-order valence-corrected chi connectivity index (χ1v) is 35.2. The molecule has 0 radical (unpaired) electrons. The molecule has 2 saturated heterocycles. The molecule has 3 aliphatic rings. The highest BCUT2D eigenvalue weighted by Gasteiger charge is 2.53. The van der Waals surface area contributed by atoms with Crippen LogP contribution >= 0.6 is 0 Å². The number of ether oxygens (including phenoxy) is 4. The smallest absolute Gasteiger partial charge is 0.311 e. The van der Waals surface area contributed by atoms with Gasteiger partial charge in [0.25, 0.3) is 0 Å². The van der Waals surface area contributed by atoms with Crippen LogP contribution in [0.4, 0.5) is 0 Å². The highest BCUT2D eigenvalue weighted by atomic mass is 16.7. The van der Waals surface area contributed by atoms with Gasteiger partial charge in [0.2, 0.25) is 0 Å². The molecule has 0 aliphatic carbocycles. The SMILES string of the molecule is CCCCCC1C=C(C)[C@@H](O)C[C@H](O)CCC[C@H](O)[C@@H](C)[C@H](O)CC=CC=C(C)[C@@H](O)[C@H](C)[C@@H]2C[C@H](OC3O[C@H](C)[C@@H](O)[C@H](N(C)C)[C@H]3O)[C@@H](C)C(O)(CC(=O)OC(C)C=C[C@@H](O)C[C@@H](O)CCC[C@H](O)[C@@H](C)[C@H](O)CC[C@H](C)[C@H](O)C[C@@H](O)C[C@H](O)CCC(O)[C@@H]1O)O2. The van der Waals surface area contributed by atoms with Crippen molar-refractivity contribution in [2.45, 2.75) is 344 Å². The van der Waals surface area contributed by atoms with Gasteiger partial charge in [-0.2, -0.15) is 0 Å². The summed E-state index contributed by atoms with van der Waals surface area (Å²) in [7, 11) is 3.40. The normalized spacial score (nSPS) is 43.3. The molecule has 17 N–H and O–H groups in total. The standard InChI is InChI=1S/C71H129NO22/c1-13-14-15-21-49-33-42(4)61(84)36-51(74)23-19-26-56(79)44(6)55(78)24-17-16-20-41(3)66(86)46(8)62-38-63(93-70-69(89)65(72(11)12)67(87)48(10)92-70)47(9)71(90,94-62)39-64(85)91-43(5)28-29-52(75)34-50(73)22-18-25-57(80)45(7)58(81)31-27-40(2)60(83)37-54(77)35-53(76)30-32-59(82)68(49)88/h16-17,20,28-29,33,40,43-63,65-70,73-84,86-90H,13-15,18-19,21-27,30-32,34-39H2,1-12H3/t40-,43?,44-,45+,46+,47+,48+,49?,50-,51+,52+,53+,54-,55+,56-,57-,58+,59?,60+,61-,62-,63-,65-,66+,67+,68+,69+,70?,71?/m0/s1. The number of aliphatic hydroxyl groups is 17. The van der Waals surface area contributed by atoms with Crippen LogP contribution in [0, 0.1) is 35.5 Å². The van der Waals surface area contributed by atoms with E-state index in [0.29, 0.717) is 36.8 Å². The first kappa shape index (κ1) is 85.8. The van der Waals surface area contributed by atoms with E-state index in [2.05, 4.69) is 0 Å². The van der Waals surface area contributed by atoms with Crippen molar-refractivity contribution in [2.75, 3.05) is 14.1 Å². The molecule has 0 aromatic carbocycles. The number of esters is 1. The van der Waals surface area contributed by atoms with Crippen molar-refractivity contribution in [2.24, 2.45) is 35.5 Å². The average Bonchev–Trinajstić information content (AvgIpc) is 0.773. The molecule has 2 bridgehead atoms. The zero-order chi connectivity index (χ0) is 70.9. The second kappa shape index (κ2) is 42.6. The lowest BCUT2D eigenvalue weighted by molar-refractivity contribution is -0.351. The van der Waals surface area contributed by atoms with Crippen LogP contribution in [0.1, 0.15) is 204 Å². The quantitative estimate of drug-likeness (QED) is 0.0977. The minimum Gasteiger partial charge on any atom is -0.458 e. The van der Waals surface area contributed by atoms with Gasteiger partial charge in [-0.05, 0) is 155 Å². The number of carbonyl (C=O) groups excluding carboxylic acids is 1. The molecular formula is C71H129NO22. The Balaban J connectivity index is 1.85. The van der Waals surface area contributed by atoms with Crippen molar-refractivity contribution in [1.29, 1.82) is 0 Å². The summed E-state index contributed by atoms with van der Waals surface area (Å²) in [5, 5.41) is 190. The Morgan fingerprint density at radius 2 is 1.18 bits per heavy atom. The summed E-state index contributed by atoms with van der Waals surface area (Å²) < 4.78 is 24.5. The third-order valence-corrected chi connectivity index (χ3v) is 20.5. The minimum absolute atomic E-state index is 0.0112. The van der Waals surface area contributed by atoms with Crippen molar-refractivity contribution in [3.05, 3.63) is 47.6 Å². The average molecular weight is 1350 g/mol. The lowest BCUT2D eigenvalue weighted by Gasteiger charge is -2.50. The van der Waals surface area contributed by atoms with E-state index in [-0.39, 0.29) is 89.4 Å². The number of unbranched alkanes of at least 4 members (excludes halogenated alkanes) is 2. The Morgan fingerprint density at radius 3 is 1.80 bits per heavy atom. The second-order valence-corrected chi connectivity index (χ2v) is 28.8. The van der Waals surface area contributed by atoms with Crippen molar-refractivity contribution in [3.63, 3.8) is 0 Å². The summed E-state index contributed by atoms with van der Waals surface area (Å²) in [6.07, 6.45) is -7.62. The van der Waals surface area contributed by atoms with Gasteiger partial charge in [0.1, 0.15) is 12.2 Å². The zero-order valence-corrected chi connectivity index (χ0v) is 58.6. The minimum atomic E-state index is -2.26. The number of fused-ring (bicyclic) bond motifs is 2. The molecule has 94 heavy (non-hydrogen) atoms. The van der Waals surface area contributed by atoms with E-state index in [4.69, 9.17) is 18.9 Å². The number of carbonyl (C=O) groups is 1. The van der Waals surface area contributed by atoms with Gasteiger partial charge in [0.05, 0.1) is 122 Å². The maximum Gasteiger partial charge on any atom is 0.311 e. The van der Waals surface area contributed by atoms with Crippen LogP contribution in [-0.4, -0.2) is 252 Å². The van der Waals surface area contributed by atoms with Gasteiger partial charge >= 0.3 is 5.97 Å². The van der Waals surface area contributed by atoms with Crippen LogP contribution in [0.3, 0.4) is 0 Å². The van der Waals surface area contributed by atoms with Crippen LogP contribution < -0.4 is 0 Å². The maximum absolute atomic E-state index is 13.7. The van der Waals surface area contributed by atoms with Crippen LogP contribution in [0.5, 0.6) is 0 Å². The monoisotopic (exact) mass is 1350 g/mol. The van der Waals surface area contributed by atoms with Gasteiger partial charge < -0.3 is 111 Å². The first-order valence-electron chi connectivity index (χ1n) is 35.2. The molecule has 0 aromatic heterocycles. The molecule has 0 spiro atoms. The Kier molecular flexibility index (Phi) is 38.9. The fourth-order valence-electron chi connectivity index (χ4n) is 13.3. The number of hydrogen-bond donors (Lipinski definition) is 17. The molecule has 23 nitrogen and oxygen atoms in total. The molecule has 3 heterocycles. The lowest BCUT2D eigenvalue weighted by Crippen LogP contribution is -2.64. The molecule has 550 valence electrons. The van der Waals surface area contributed by atoms with Crippen LogP contribution in [-0.2, 0) is 23.7 Å². The van der Waals surface area contributed by atoms with Crippen LogP contribution in [0.2, 0.25) is 0 Å². The topological polar surface area (TPSA) is 401 Å². The third kappa shape index (κ3) is 28.7. The van der Waals surface area contributed by atoms with E-state index in [0.717, 1.165) is 19.3 Å². The summed E-state index contributed by atoms with van der Waals surface area (Å²) in [5.74, 6) is -6.87. The summed E-state index contributed by atoms with van der Waals surface area (Å²) in [5.41, 5.74) is 0.997. The van der Waals surface area contributed by atoms with E-state index in [1.165, 1.54) is 12.2 Å². The number of aliphatic hydroxyl groups excluding tert-OH is 16. The Bertz CT molecular complexity index is 2220. The number of nitrogens with zero attached hydrogens (tertiary/aromatic N) is 1. The van der Waals surface area contributed by atoms with Crippen molar-refractivity contribution in [1.82, 2.24) is 4.90 Å². The zero-order valence-electron chi connectivity index (χ0n) is 58.6. The van der Waals surface area contributed by atoms with E-state index >= 15 is 0 Å². The fourth-order valence-corrected chi connectivity index (χ4v) is 13.3. The van der Waals surface area contributed by atoms with Gasteiger partial charge in [-0.3, -0.25) is 4.79 Å². The number of hydrogen-bond acceptors (Lipinski definition) is 23. The molecule has 5 unspecified atom stereocenters. The van der Waals surface area contributed by atoms with Gasteiger partial charge in [-0.15, -0.1) is 0 Å². The number of cyclic esters (lactones) is 1. The summed E-state index contributed by atoms with van der Waals surface area (Å²) >= 11 is 0. The molecular weight excluding hydrogens is 1220 g/mol. The highest BCUT2D eigenvalue weighted by molar-refractivity contribution is 5.71. The maximum atomic E-state index is 13.7. The second-order valence-electron chi connectivity index (χ2n) is 28.8. The summed E-state index contributed by atoms with van der Waals surface area (Å²) in [6.45, 7) is 17.1. The third-order valence-electron chi connectivity index (χ3n) is 20.5. The molecule has 0 aromatic rings. The number of allylic oxidation sites excluding steroid dienone is 2. The molecule has 2 fully saturated rings. The largest absolute Gasteiger partial charge is 0.458 e. The first-order chi connectivity index (χ1) is 44.0. The van der Waals surface area contributed by atoms with Gasteiger partial charge in [0, 0.05) is 48.9 Å². The van der Waals surface area contributed by atoms with Crippen LogP contribution in [0.15, 0.2) is 47.6 Å². The molecule has 29 atom stereocenters. The number of likely N-dealkylation sites (N-methyl/N-ethyl adjacent to an activating group) is 1. The van der Waals surface area contributed by atoms with E-state index < -0.39 is 182 Å². The van der Waals surface area contributed by atoms with E-state index in [1.54, 1.807) is 106 Å². The molecule has 0 amide bonds. The van der Waals surface area contributed by atoms with Gasteiger partial charge in [-0.1, -0.05) is 91.2 Å². The van der Waals surface area contributed by atoms with Crippen molar-refractivity contribution >= 4 is 5.97 Å². The predicted molar refractivity (Wildman–Crippen MR) is 356 cm³/mol. The van der Waals surface area contributed by atoms with Crippen LogP contribution in [0.25, 0.3) is 0 Å². The molecule has 3 aliphatic heterocycles. The van der Waals surface area contributed by atoms with Crippen molar-refractivity contribution < 1.29 is 111 Å². The Labute approximate surface area is 560 Å². The van der Waals surface area contributed by atoms with E-state index in [1.807, 2.05) is 6.92 Å². The highest BCUT2D eigenvalue weighted by Crippen LogP contribution is 2.42. The summed E-state index contributed by atoms with van der Waals surface area (Å²) in [4.78, 5) is 15.4. The Hall–Kier alpha value is -2.41. The van der Waals surface area contributed by atoms with Gasteiger partial charge in [0.15, 0.2) is 12.1 Å². The number of rotatable bonds is 7. The molecule has 3 rings (SSSR count). The Morgan fingerprint density at radius 1 is 0.596 bits per heavy atom. The molecule has 23 heteroatoms. The van der Waals surface area contributed by atoms with E-state index in [9.17, 15) is 91.6 Å². The predicted octanol–water partition coefficient (Wildman–Crippen LogP) is 3.87.